The lowest BCUT2D eigenvalue weighted by atomic mass is 9.90. The van der Waals surface area contributed by atoms with Gasteiger partial charge in [-0.25, -0.2) is 14.6 Å². The normalized spacial score (nSPS) is 21.5. The Morgan fingerprint density at radius 3 is 2.18 bits per heavy atom. The van der Waals surface area contributed by atoms with Crippen molar-refractivity contribution < 1.29 is 51.6 Å². The molecule has 6 heterocycles. The minimum absolute atomic E-state index is 0.0971. The summed E-state index contributed by atoms with van der Waals surface area (Å²) < 4.78 is 61.0. The third kappa shape index (κ3) is 8.50. The Bertz CT molecular complexity index is 2930. The van der Waals surface area contributed by atoms with Crippen LogP contribution < -0.4 is 10.6 Å². The van der Waals surface area contributed by atoms with Crippen LogP contribution in [0.4, 0.5) is 24.1 Å². The molecule has 0 saturated carbocycles. The van der Waals surface area contributed by atoms with E-state index in [1.807, 2.05) is 30.3 Å². The number of carbonyl (C=O) groups excluding carboxylic acids is 4. The van der Waals surface area contributed by atoms with Crippen LogP contribution in [0.25, 0.3) is 33.5 Å². The van der Waals surface area contributed by atoms with E-state index in [0.717, 1.165) is 23.3 Å². The summed E-state index contributed by atoms with van der Waals surface area (Å²) in [5.74, 6) is -4.48. The number of nitrogens with one attached hydrogen (secondary N) is 3. The highest BCUT2D eigenvalue weighted by molar-refractivity contribution is 6.02. The summed E-state index contributed by atoms with van der Waals surface area (Å²) in [6, 6.07) is 22.1. The van der Waals surface area contributed by atoms with E-state index >= 15 is 8.78 Å². The number of rotatable bonds is 10. The number of likely N-dealkylation sites (tertiary alicyclic amines) is 2. The molecule has 4 atom stereocenters. The fourth-order valence-corrected chi connectivity index (χ4v) is 11.3. The van der Waals surface area contributed by atoms with Crippen molar-refractivity contribution >= 4 is 35.4 Å². The van der Waals surface area contributed by atoms with Crippen LogP contribution in [0, 0.1) is 5.92 Å². The van der Waals surface area contributed by atoms with E-state index in [9.17, 15) is 19.2 Å². The fourth-order valence-electron chi connectivity index (χ4n) is 11.3. The zero-order valence-corrected chi connectivity index (χ0v) is 39.3. The lowest BCUT2D eigenvalue weighted by Gasteiger charge is -2.34. The van der Waals surface area contributed by atoms with Crippen LogP contribution in [-0.4, -0.2) is 121 Å². The number of H-pyrrole nitrogens is 1. The first-order valence-electron chi connectivity index (χ1n) is 24.1. The summed E-state index contributed by atoms with van der Waals surface area (Å²) in [5.41, 5.74) is 6.02. The number of nitrogens with zero attached hydrogens (tertiary/aromatic N) is 4. The number of aliphatic imine (C=N–C) groups is 1. The molecule has 16 nitrogen and oxygen atoms in total. The van der Waals surface area contributed by atoms with E-state index in [-0.39, 0.29) is 35.4 Å². The SMILES string of the molecule is COC(=O)NC(C(=O)N1CCC[C@H]1c1ncc(-c2ccc3c(c2)C(F)(F)c2cc(-c4ccc5c(c4)CC([C@@H]4CC6(CN4C(=O)[C@H](NC(=O)OC)c4ccccc4)OCCO6)=N5)ccc2-3)[nH]1)C1CCOCC1. The molecule has 4 aromatic carbocycles. The van der Waals surface area contributed by atoms with Gasteiger partial charge in [0, 0.05) is 55.0 Å². The topological polar surface area (TPSA) is 186 Å². The van der Waals surface area contributed by atoms with Gasteiger partial charge < -0.3 is 49.1 Å². The minimum atomic E-state index is -3.31. The zero-order chi connectivity index (χ0) is 49.0. The number of alkyl halides is 2. The first kappa shape index (κ1) is 46.4. The first-order valence-corrected chi connectivity index (χ1v) is 24.1. The number of carbonyl (C=O) groups is 4. The smallest absolute Gasteiger partial charge is 0.407 e. The Balaban J connectivity index is 0.811. The minimum Gasteiger partial charge on any atom is -0.453 e. The van der Waals surface area contributed by atoms with Crippen molar-refractivity contribution in [1.29, 1.82) is 0 Å². The summed E-state index contributed by atoms with van der Waals surface area (Å²) in [7, 11) is 2.51. The molecule has 4 amide bonds. The van der Waals surface area contributed by atoms with Gasteiger partial charge in [-0.3, -0.25) is 14.6 Å². The number of halogens is 2. The van der Waals surface area contributed by atoms with E-state index < -0.39 is 48.1 Å². The highest BCUT2D eigenvalue weighted by atomic mass is 19.3. The molecule has 5 aromatic rings. The van der Waals surface area contributed by atoms with Gasteiger partial charge in [0.1, 0.15) is 17.9 Å². The average molecular weight is 970 g/mol. The van der Waals surface area contributed by atoms with Crippen LogP contribution in [0.5, 0.6) is 0 Å². The Morgan fingerprint density at radius 1 is 0.775 bits per heavy atom. The Hall–Kier alpha value is -7.02. The summed E-state index contributed by atoms with van der Waals surface area (Å²) in [6.45, 7) is 2.38. The summed E-state index contributed by atoms with van der Waals surface area (Å²) in [4.78, 5) is 69.9. The van der Waals surface area contributed by atoms with Crippen LogP contribution in [0.3, 0.4) is 0 Å². The lowest BCUT2D eigenvalue weighted by Crippen LogP contribution is -2.53. The van der Waals surface area contributed by atoms with Crippen LogP contribution in [0.15, 0.2) is 96.1 Å². The standard InChI is InChI=1S/C53H53F2N7O9/c1-67-50(65)59-45(30-7-4-3-5-8-30)49(64)62-29-52(70-21-22-71-52)27-44(62)41-26-35-23-32(12-15-40(35)57-41)33-10-13-36-37-14-11-34(25-39(37)53(54,55)38(36)24-33)42-28-56-47(58-42)43-9-6-18-61(43)48(63)46(60-51(66)68-2)31-16-19-69-20-17-31/h3-5,7-8,10-15,23-25,28,31,43-46H,6,9,16-22,26-27,29H2,1-2H3,(H,56,58)(H,59,65)(H,60,66)/t43-,44-,45+,46?/m0/s1. The summed E-state index contributed by atoms with van der Waals surface area (Å²) >= 11 is 0. The van der Waals surface area contributed by atoms with Crippen molar-refractivity contribution in [2.24, 2.45) is 10.9 Å². The number of methoxy groups -OCH3 is 2. The van der Waals surface area contributed by atoms with Crippen LogP contribution >= 0.6 is 0 Å². The summed E-state index contributed by atoms with van der Waals surface area (Å²) in [6.07, 6.45) is 3.56. The Labute approximate surface area is 408 Å². The number of hydrogen-bond donors (Lipinski definition) is 3. The number of hydrogen-bond acceptors (Lipinski definition) is 11. The molecule has 11 rings (SSSR count). The predicted molar refractivity (Wildman–Crippen MR) is 255 cm³/mol. The van der Waals surface area contributed by atoms with Crippen molar-refractivity contribution in [3.63, 3.8) is 0 Å². The van der Waals surface area contributed by atoms with Gasteiger partial charge in [0.05, 0.1) is 63.6 Å². The number of amides is 4. The maximum absolute atomic E-state index is 16.8. The van der Waals surface area contributed by atoms with E-state index in [2.05, 4.69) is 20.6 Å². The average Bonchev–Trinajstić information content (AvgIpc) is 4.28. The second-order valence-corrected chi connectivity index (χ2v) is 18.9. The number of fused-ring (bicyclic) bond motifs is 4. The van der Waals surface area contributed by atoms with Crippen molar-refractivity contribution in [3.8, 4) is 33.5 Å². The molecule has 1 spiro atoms. The Kier molecular flexibility index (Phi) is 12.2. The zero-order valence-electron chi connectivity index (χ0n) is 39.3. The fraction of sp³-hybridized carbons (Fsp3) is 0.396. The number of aromatic nitrogens is 2. The second-order valence-electron chi connectivity index (χ2n) is 18.9. The predicted octanol–water partition coefficient (Wildman–Crippen LogP) is 7.75. The molecule has 3 N–H and O–H groups in total. The molecule has 4 fully saturated rings. The Morgan fingerprint density at radius 2 is 1.45 bits per heavy atom. The van der Waals surface area contributed by atoms with Gasteiger partial charge in [-0.05, 0) is 89.2 Å². The molecule has 6 aliphatic rings. The molecule has 5 aliphatic heterocycles. The van der Waals surface area contributed by atoms with Gasteiger partial charge in [-0.2, -0.15) is 8.78 Å². The molecule has 4 saturated heterocycles. The monoisotopic (exact) mass is 969 g/mol. The molecule has 368 valence electrons. The van der Waals surface area contributed by atoms with Gasteiger partial charge in [-0.1, -0.05) is 60.7 Å². The van der Waals surface area contributed by atoms with Crippen LogP contribution in [-0.2, 0) is 45.6 Å². The first-order chi connectivity index (χ1) is 34.4. The van der Waals surface area contributed by atoms with E-state index in [1.165, 1.54) is 20.3 Å². The largest absolute Gasteiger partial charge is 0.453 e. The molecular weight excluding hydrogens is 917 g/mol. The molecule has 0 bridgehead atoms. The molecular formula is C53H53F2N7O9. The molecule has 1 unspecified atom stereocenters. The maximum Gasteiger partial charge on any atom is 0.407 e. The third-order valence-corrected chi connectivity index (χ3v) is 14.9. The molecule has 0 radical (unpaired) electrons. The van der Waals surface area contributed by atoms with E-state index in [4.69, 9.17) is 28.7 Å². The quantitative estimate of drug-likeness (QED) is 0.125. The number of aromatic amines is 1. The van der Waals surface area contributed by atoms with Crippen molar-refractivity contribution in [3.05, 3.63) is 119 Å². The third-order valence-electron chi connectivity index (χ3n) is 14.9. The molecule has 18 heteroatoms. The van der Waals surface area contributed by atoms with E-state index in [0.29, 0.717) is 110 Å². The molecule has 71 heavy (non-hydrogen) atoms. The number of benzene rings is 4. The second kappa shape index (κ2) is 18.6. The van der Waals surface area contributed by atoms with Gasteiger partial charge in [-0.15, -0.1) is 0 Å². The highest BCUT2D eigenvalue weighted by Gasteiger charge is 2.53. The van der Waals surface area contributed by atoms with Crippen molar-refractivity contribution in [2.45, 2.75) is 74.4 Å². The number of ether oxygens (including phenoxy) is 5. The summed E-state index contributed by atoms with van der Waals surface area (Å²) in [5, 5.41) is 5.48. The van der Waals surface area contributed by atoms with E-state index in [1.54, 1.807) is 64.5 Å². The van der Waals surface area contributed by atoms with Crippen LogP contribution in [0.1, 0.15) is 72.3 Å². The van der Waals surface area contributed by atoms with Gasteiger partial charge in [0.2, 0.25) is 5.91 Å². The van der Waals surface area contributed by atoms with Crippen LogP contribution in [0.2, 0.25) is 0 Å². The maximum atomic E-state index is 16.8. The number of alkyl carbamates (subject to hydrolysis) is 2. The van der Waals surface area contributed by atoms with Crippen molar-refractivity contribution in [2.75, 3.05) is 53.7 Å². The van der Waals surface area contributed by atoms with Gasteiger partial charge >= 0.3 is 12.2 Å². The number of imidazole rings is 1. The van der Waals surface area contributed by atoms with Gasteiger partial charge in [0.15, 0.2) is 5.79 Å². The molecule has 1 aliphatic carbocycles. The van der Waals surface area contributed by atoms with Gasteiger partial charge in [0.25, 0.3) is 11.8 Å². The highest BCUT2D eigenvalue weighted by Crippen LogP contribution is 2.53. The molecule has 1 aromatic heterocycles. The lowest BCUT2D eigenvalue weighted by molar-refractivity contribution is -0.153. The van der Waals surface area contributed by atoms with Crippen molar-refractivity contribution in [1.82, 2.24) is 30.4 Å².